The van der Waals surface area contributed by atoms with Gasteiger partial charge in [-0.15, -0.1) is 0 Å². The maximum absolute atomic E-state index is 13.1. The van der Waals surface area contributed by atoms with Crippen LogP contribution in [0.25, 0.3) is 11.0 Å². The number of hydrogen-bond acceptors (Lipinski definition) is 4. The Hall–Kier alpha value is -3.54. The van der Waals surface area contributed by atoms with Crippen LogP contribution in [0.4, 0.5) is 19.1 Å². The topological polar surface area (TPSA) is 84.8 Å². The van der Waals surface area contributed by atoms with Gasteiger partial charge < -0.3 is 15.2 Å². The number of aromatic amines is 1. The highest BCUT2D eigenvalue weighted by Crippen LogP contribution is 2.32. The number of benzene rings is 2. The van der Waals surface area contributed by atoms with E-state index in [1.54, 1.807) is 6.07 Å². The van der Waals surface area contributed by atoms with Crippen molar-refractivity contribution in [3.63, 3.8) is 0 Å². The zero-order valence-corrected chi connectivity index (χ0v) is 15.5. The fourth-order valence-electron chi connectivity index (χ4n) is 2.89. The van der Waals surface area contributed by atoms with Gasteiger partial charge in [-0.2, -0.15) is 18.4 Å². The molecule has 0 saturated heterocycles. The van der Waals surface area contributed by atoms with E-state index in [0.717, 1.165) is 17.6 Å². The number of anilines is 1. The van der Waals surface area contributed by atoms with Crippen LogP contribution in [0.3, 0.4) is 0 Å². The van der Waals surface area contributed by atoms with Gasteiger partial charge in [-0.3, -0.25) is 4.79 Å². The molecule has 29 heavy (non-hydrogen) atoms. The van der Waals surface area contributed by atoms with Crippen LogP contribution in [-0.2, 0) is 11.0 Å². The van der Waals surface area contributed by atoms with E-state index in [1.807, 2.05) is 24.3 Å². The van der Waals surface area contributed by atoms with Crippen LogP contribution in [0.5, 0.6) is 0 Å². The van der Waals surface area contributed by atoms with Gasteiger partial charge >= 0.3 is 6.18 Å². The largest absolute Gasteiger partial charge is 0.416 e. The van der Waals surface area contributed by atoms with Crippen molar-refractivity contribution >= 4 is 22.9 Å². The number of hydrogen-bond donors (Lipinski definition) is 2. The minimum absolute atomic E-state index is 0.112. The minimum atomic E-state index is -4.50. The van der Waals surface area contributed by atoms with Crippen LogP contribution < -0.4 is 5.32 Å². The van der Waals surface area contributed by atoms with E-state index >= 15 is 0 Å². The number of carbonyl (C=O) groups is 1. The van der Waals surface area contributed by atoms with Gasteiger partial charge in [-0.05, 0) is 29.8 Å². The van der Waals surface area contributed by atoms with E-state index in [9.17, 15) is 18.0 Å². The average Bonchev–Trinajstić information content (AvgIpc) is 3.09. The predicted molar refractivity (Wildman–Crippen MR) is 102 cm³/mol. The molecule has 2 aromatic carbocycles. The highest BCUT2D eigenvalue weighted by molar-refractivity contribution is 5.79. The molecule has 9 heteroatoms. The lowest BCUT2D eigenvalue weighted by molar-refractivity contribution is -0.137. The second kappa shape index (κ2) is 8.22. The van der Waals surface area contributed by atoms with Gasteiger partial charge in [0.2, 0.25) is 11.9 Å². The summed E-state index contributed by atoms with van der Waals surface area (Å²) in [4.78, 5) is 21.1. The first-order valence-electron chi connectivity index (χ1n) is 8.77. The Morgan fingerprint density at radius 2 is 2.03 bits per heavy atom. The van der Waals surface area contributed by atoms with E-state index in [2.05, 4.69) is 15.3 Å². The van der Waals surface area contributed by atoms with Crippen LogP contribution in [0, 0.1) is 11.3 Å². The summed E-state index contributed by atoms with van der Waals surface area (Å²) < 4.78 is 39.4. The highest BCUT2D eigenvalue weighted by atomic mass is 19.4. The number of nitrogens with one attached hydrogen (secondary N) is 2. The number of nitrogens with zero attached hydrogens (tertiary/aromatic N) is 3. The van der Waals surface area contributed by atoms with Crippen LogP contribution >= 0.6 is 0 Å². The van der Waals surface area contributed by atoms with Gasteiger partial charge in [0.15, 0.2) is 0 Å². The summed E-state index contributed by atoms with van der Waals surface area (Å²) in [6.45, 7) is -0.112. The number of H-pyrrole nitrogens is 1. The number of alkyl halides is 3. The Kier molecular flexibility index (Phi) is 5.73. The smallest absolute Gasteiger partial charge is 0.348 e. The van der Waals surface area contributed by atoms with E-state index in [-0.39, 0.29) is 18.9 Å². The van der Waals surface area contributed by atoms with Gasteiger partial charge in [-0.1, -0.05) is 24.3 Å². The molecule has 0 radical (unpaired) electrons. The molecule has 0 aliphatic carbocycles. The van der Waals surface area contributed by atoms with Gasteiger partial charge in [0.25, 0.3) is 0 Å². The van der Waals surface area contributed by atoms with Gasteiger partial charge in [0.05, 0.1) is 35.1 Å². The fraction of sp³-hybridized carbons (Fsp3) is 0.250. The molecule has 3 aromatic rings. The third-order valence-electron chi connectivity index (χ3n) is 4.43. The van der Waals surface area contributed by atoms with Crippen LogP contribution in [0.15, 0.2) is 48.5 Å². The average molecular weight is 401 g/mol. The molecule has 1 unspecified atom stereocenters. The monoisotopic (exact) mass is 401 g/mol. The number of amides is 1. The summed E-state index contributed by atoms with van der Waals surface area (Å²) in [5.74, 6) is -0.0399. The standard InChI is InChI=1S/C20H18F3N5O/c1-28(10-9-24)18(29)12-17(13-5-4-6-14(11-13)20(21,22)23)27-19-25-15-7-2-3-8-16(15)26-19/h2-8,11,17H,10,12H2,1H3,(H2,25,26,27). The second-order valence-corrected chi connectivity index (χ2v) is 6.53. The normalized spacial score (nSPS) is 12.4. The molecule has 1 heterocycles. The number of imidazole rings is 1. The van der Waals surface area contributed by atoms with E-state index in [1.165, 1.54) is 24.1 Å². The number of nitriles is 1. The van der Waals surface area contributed by atoms with Crippen LogP contribution in [0.2, 0.25) is 0 Å². The predicted octanol–water partition coefficient (Wildman–Crippen LogP) is 4.11. The first kappa shape index (κ1) is 20.2. The maximum atomic E-state index is 13.1. The molecule has 0 fully saturated rings. The Morgan fingerprint density at radius 1 is 1.28 bits per heavy atom. The molecule has 0 aliphatic rings. The van der Waals surface area contributed by atoms with Crippen molar-refractivity contribution in [3.05, 3.63) is 59.7 Å². The van der Waals surface area contributed by atoms with Crippen molar-refractivity contribution in [2.24, 2.45) is 0 Å². The molecule has 150 valence electrons. The van der Waals surface area contributed by atoms with Gasteiger partial charge in [-0.25, -0.2) is 4.98 Å². The number of carbonyl (C=O) groups excluding carboxylic acids is 1. The number of para-hydroxylation sites is 2. The van der Waals surface area contributed by atoms with Crippen LogP contribution in [-0.4, -0.2) is 34.4 Å². The number of halogens is 3. The van der Waals surface area contributed by atoms with Gasteiger partial charge in [0.1, 0.15) is 6.54 Å². The summed E-state index contributed by atoms with van der Waals surface area (Å²) in [6, 6.07) is 13.2. The fourth-order valence-corrected chi connectivity index (χ4v) is 2.89. The molecular formula is C20H18F3N5O. The molecule has 0 aliphatic heterocycles. The van der Waals surface area contributed by atoms with Gasteiger partial charge in [0, 0.05) is 7.05 Å². The summed E-state index contributed by atoms with van der Waals surface area (Å²) >= 11 is 0. The molecule has 0 spiro atoms. The molecule has 0 bridgehead atoms. The second-order valence-electron chi connectivity index (χ2n) is 6.53. The molecular weight excluding hydrogens is 383 g/mol. The van der Waals surface area contributed by atoms with Crippen molar-refractivity contribution in [1.29, 1.82) is 5.26 Å². The summed E-state index contributed by atoms with van der Waals surface area (Å²) in [7, 11) is 1.47. The van der Waals surface area contributed by atoms with Crippen molar-refractivity contribution in [2.75, 3.05) is 18.9 Å². The number of fused-ring (bicyclic) bond motifs is 1. The van der Waals surface area contributed by atoms with Crippen molar-refractivity contribution in [2.45, 2.75) is 18.6 Å². The van der Waals surface area contributed by atoms with E-state index in [4.69, 9.17) is 5.26 Å². The summed E-state index contributed by atoms with van der Waals surface area (Å²) in [5, 5.41) is 11.8. The van der Waals surface area contributed by atoms with Crippen molar-refractivity contribution in [3.8, 4) is 6.07 Å². The lowest BCUT2D eigenvalue weighted by Crippen LogP contribution is -2.30. The van der Waals surface area contributed by atoms with Crippen LogP contribution in [0.1, 0.15) is 23.6 Å². The zero-order valence-electron chi connectivity index (χ0n) is 15.5. The molecule has 1 aromatic heterocycles. The minimum Gasteiger partial charge on any atom is -0.348 e. The van der Waals surface area contributed by atoms with E-state index < -0.39 is 17.8 Å². The van der Waals surface area contributed by atoms with Crippen molar-refractivity contribution < 1.29 is 18.0 Å². The molecule has 6 nitrogen and oxygen atoms in total. The third-order valence-corrected chi connectivity index (χ3v) is 4.43. The first-order valence-corrected chi connectivity index (χ1v) is 8.77. The zero-order chi connectivity index (χ0) is 21.0. The molecule has 1 atom stereocenters. The maximum Gasteiger partial charge on any atom is 0.416 e. The molecule has 1 amide bonds. The van der Waals surface area contributed by atoms with E-state index in [0.29, 0.717) is 17.0 Å². The third kappa shape index (κ3) is 4.85. The number of rotatable bonds is 6. The first-order chi connectivity index (χ1) is 13.8. The Balaban J connectivity index is 1.93. The lowest BCUT2D eigenvalue weighted by atomic mass is 10.0. The molecule has 2 N–H and O–H groups in total. The Bertz CT molecular complexity index is 1020. The highest BCUT2D eigenvalue weighted by Gasteiger charge is 2.31. The van der Waals surface area contributed by atoms with Crippen molar-refractivity contribution in [1.82, 2.24) is 14.9 Å². The molecule has 3 rings (SSSR count). The quantitative estimate of drug-likeness (QED) is 0.609. The summed E-state index contributed by atoms with van der Waals surface area (Å²) in [6.07, 6.45) is -4.64. The Morgan fingerprint density at radius 3 is 2.72 bits per heavy atom. The SMILES string of the molecule is CN(CC#N)C(=O)CC(Nc1nc2ccccc2[nH]1)c1cccc(C(F)(F)F)c1. The summed E-state index contributed by atoms with van der Waals surface area (Å²) in [5.41, 5.74) is 0.930. The molecule has 0 saturated carbocycles. The number of aromatic nitrogens is 2. The lowest BCUT2D eigenvalue weighted by Gasteiger charge is -2.22. The Labute approximate surface area is 165 Å².